The van der Waals surface area contributed by atoms with Crippen LogP contribution in [0.15, 0.2) is 88.4 Å². The van der Waals surface area contributed by atoms with Gasteiger partial charge in [0.25, 0.3) is 5.91 Å². The number of thiophene rings is 1. The van der Waals surface area contributed by atoms with Crippen molar-refractivity contribution >= 4 is 39.6 Å². The monoisotopic (exact) mass is 609 g/mol. The van der Waals surface area contributed by atoms with E-state index in [2.05, 4.69) is 50.9 Å². The molecule has 4 N–H and O–H groups in total. The van der Waals surface area contributed by atoms with E-state index in [1.54, 1.807) is 49.6 Å². The fourth-order valence-corrected chi connectivity index (χ4v) is 5.81. The summed E-state index contributed by atoms with van der Waals surface area (Å²) in [6.07, 6.45) is 8.06. The van der Waals surface area contributed by atoms with Crippen molar-refractivity contribution in [2.45, 2.75) is 26.4 Å². The van der Waals surface area contributed by atoms with Crippen LogP contribution in [0.5, 0.6) is 0 Å². The van der Waals surface area contributed by atoms with Crippen LogP contribution in [0, 0.1) is 11.6 Å². The minimum Gasteiger partial charge on any atom is -0.386 e. The van der Waals surface area contributed by atoms with Gasteiger partial charge in [0.1, 0.15) is 12.5 Å². The highest BCUT2D eigenvalue weighted by Crippen LogP contribution is 2.33. The first-order chi connectivity index (χ1) is 20.1. The van der Waals surface area contributed by atoms with E-state index in [1.165, 1.54) is 12.3 Å². The SMILES string of the molecule is C\C=C(/C=C(\C=C/NCc1ccc(-c2ccc3c(c2)C(N)=NCN3C)s1)S(C)=O)C(=O)NC(C)c1ccc(F)c(F)c1. The summed E-state index contributed by atoms with van der Waals surface area (Å²) < 4.78 is 39.3. The van der Waals surface area contributed by atoms with E-state index in [-0.39, 0.29) is 0 Å². The van der Waals surface area contributed by atoms with Crippen molar-refractivity contribution in [3.63, 3.8) is 0 Å². The number of rotatable bonds is 10. The molecule has 3 aromatic rings. The minimum atomic E-state index is -1.37. The fourth-order valence-electron chi connectivity index (χ4n) is 4.30. The molecule has 220 valence electrons. The Labute approximate surface area is 251 Å². The Morgan fingerprint density at radius 2 is 1.98 bits per heavy atom. The predicted molar refractivity (Wildman–Crippen MR) is 169 cm³/mol. The van der Waals surface area contributed by atoms with Crippen molar-refractivity contribution in [2.24, 2.45) is 10.7 Å². The molecule has 2 aromatic carbocycles. The van der Waals surface area contributed by atoms with Crippen LogP contribution in [0.4, 0.5) is 14.5 Å². The van der Waals surface area contributed by atoms with Gasteiger partial charge in [-0.25, -0.2) is 13.8 Å². The summed E-state index contributed by atoms with van der Waals surface area (Å²) in [5, 5.41) is 5.99. The van der Waals surface area contributed by atoms with E-state index in [1.807, 2.05) is 7.05 Å². The molecule has 0 spiro atoms. The number of aliphatic imine (C=N–C) groups is 1. The summed E-state index contributed by atoms with van der Waals surface area (Å²) in [7, 11) is 0.615. The second kappa shape index (κ2) is 13.7. The maximum atomic E-state index is 13.6. The first-order valence-corrected chi connectivity index (χ1v) is 15.6. The summed E-state index contributed by atoms with van der Waals surface area (Å²) in [6, 6.07) is 13.3. The van der Waals surface area contributed by atoms with E-state index in [4.69, 9.17) is 5.73 Å². The molecule has 0 saturated carbocycles. The predicted octanol–water partition coefficient (Wildman–Crippen LogP) is 5.50. The lowest BCUT2D eigenvalue weighted by molar-refractivity contribution is -0.117. The molecule has 0 bridgehead atoms. The van der Waals surface area contributed by atoms with Crippen LogP contribution in [-0.2, 0) is 22.1 Å². The highest BCUT2D eigenvalue weighted by Gasteiger charge is 2.17. The van der Waals surface area contributed by atoms with Gasteiger partial charge in [-0.3, -0.25) is 9.00 Å². The maximum Gasteiger partial charge on any atom is 0.251 e. The zero-order chi connectivity index (χ0) is 30.4. The van der Waals surface area contributed by atoms with Gasteiger partial charge in [0.2, 0.25) is 0 Å². The smallest absolute Gasteiger partial charge is 0.251 e. The lowest BCUT2D eigenvalue weighted by atomic mass is 10.0. The molecular weight excluding hydrogens is 577 g/mol. The summed E-state index contributed by atoms with van der Waals surface area (Å²) >= 11 is 1.66. The number of nitrogens with one attached hydrogen (secondary N) is 2. The average molecular weight is 610 g/mol. The van der Waals surface area contributed by atoms with Crippen molar-refractivity contribution < 1.29 is 17.8 Å². The molecule has 2 unspecified atom stereocenters. The number of amidine groups is 1. The molecule has 4 rings (SSSR count). The lowest BCUT2D eigenvalue weighted by Crippen LogP contribution is -2.29. The molecule has 1 aliphatic heterocycles. The van der Waals surface area contributed by atoms with E-state index in [0.717, 1.165) is 38.7 Å². The highest BCUT2D eigenvalue weighted by molar-refractivity contribution is 7.88. The Hall–Kier alpha value is -4.09. The fraction of sp³-hybridized carbons (Fsp3) is 0.226. The molecule has 1 amide bonds. The molecule has 0 fully saturated rings. The van der Waals surface area contributed by atoms with Gasteiger partial charge < -0.3 is 21.3 Å². The van der Waals surface area contributed by atoms with Crippen molar-refractivity contribution in [3.05, 3.63) is 111 Å². The molecule has 0 radical (unpaired) electrons. The van der Waals surface area contributed by atoms with Gasteiger partial charge in [0.15, 0.2) is 11.6 Å². The molecule has 0 saturated heterocycles. The van der Waals surface area contributed by atoms with Gasteiger partial charge in [0, 0.05) is 62.1 Å². The summed E-state index contributed by atoms with van der Waals surface area (Å²) in [5.74, 6) is -1.81. The highest BCUT2D eigenvalue weighted by atomic mass is 32.2. The first-order valence-electron chi connectivity index (χ1n) is 13.2. The Kier molecular flexibility index (Phi) is 10.1. The largest absolute Gasteiger partial charge is 0.386 e. The maximum absolute atomic E-state index is 13.6. The Morgan fingerprint density at radius 1 is 1.19 bits per heavy atom. The third-order valence-corrected chi connectivity index (χ3v) is 8.77. The molecule has 1 aliphatic rings. The van der Waals surface area contributed by atoms with Crippen LogP contribution in [0.1, 0.15) is 35.9 Å². The number of amides is 1. The van der Waals surface area contributed by atoms with Crippen LogP contribution < -0.4 is 21.3 Å². The van der Waals surface area contributed by atoms with E-state index in [9.17, 15) is 17.8 Å². The molecule has 2 atom stereocenters. The van der Waals surface area contributed by atoms with Gasteiger partial charge >= 0.3 is 0 Å². The second-order valence-electron chi connectivity index (χ2n) is 9.71. The quantitative estimate of drug-likeness (QED) is 0.208. The summed E-state index contributed by atoms with van der Waals surface area (Å²) in [5.41, 5.74) is 9.91. The van der Waals surface area contributed by atoms with Crippen LogP contribution >= 0.6 is 11.3 Å². The zero-order valence-corrected chi connectivity index (χ0v) is 25.4. The molecule has 11 heteroatoms. The van der Waals surface area contributed by atoms with Crippen molar-refractivity contribution in [1.82, 2.24) is 10.6 Å². The number of carbonyl (C=O) groups excluding carboxylic acids is 1. The average Bonchev–Trinajstić information content (AvgIpc) is 3.44. The first kappa shape index (κ1) is 30.9. The van der Waals surface area contributed by atoms with E-state index in [0.29, 0.717) is 35.1 Å². The van der Waals surface area contributed by atoms with Crippen LogP contribution in [0.3, 0.4) is 0 Å². The second-order valence-corrected chi connectivity index (χ2v) is 12.3. The third kappa shape index (κ3) is 7.40. The van der Waals surface area contributed by atoms with Crippen LogP contribution in [0.25, 0.3) is 10.4 Å². The number of hydrogen-bond donors (Lipinski definition) is 3. The van der Waals surface area contributed by atoms with Crippen molar-refractivity contribution in [2.75, 3.05) is 24.9 Å². The standard InChI is InChI=1S/C31H33F2N5O2S2/c1-5-20(31(39)37-19(2)21-6-9-26(32)27(33)16-21)14-24(42(4)40)12-13-35-17-23-8-11-29(41-23)22-7-10-28-25(15-22)30(34)36-18-38(28)3/h5-16,19,35H,17-18H2,1-4H3,(H2,34,36)(H,37,39)/b13-12-,20-5+,24-14+. The number of carbonyl (C=O) groups is 1. The molecule has 42 heavy (non-hydrogen) atoms. The Balaban J connectivity index is 1.38. The minimum absolute atomic E-state index is 0.295. The number of anilines is 1. The molecule has 7 nitrogen and oxygen atoms in total. The lowest BCUT2D eigenvalue weighted by Gasteiger charge is -2.25. The van der Waals surface area contributed by atoms with Gasteiger partial charge in [-0.2, -0.15) is 0 Å². The molecule has 2 heterocycles. The number of hydrogen-bond acceptors (Lipinski definition) is 7. The van der Waals surface area contributed by atoms with E-state index >= 15 is 0 Å². The van der Waals surface area contributed by atoms with Gasteiger partial charge in [-0.15, -0.1) is 11.3 Å². The number of benzene rings is 2. The summed E-state index contributed by atoms with van der Waals surface area (Å²) in [4.78, 5) is 21.9. The van der Waals surface area contributed by atoms with Gasteiger partial charge in [-0.1, -0.05) is 18.2 Å². The Morgan fingerprint density at radius 3 is 2.69 bits per heavy atom. The summed E-state index contributed by atoms with van der Waals surface area (Å²) in [6.45, 7) is 4.48. The normalized spacial score (nSPS) is 15.3. The van der Waals surface area contributed by atoms with Gasteiger partial charge in [-0.05, 0) is 79.7 Å². The van der Waals surface area contributed by atoms with E-state index < -0.39 is 34.4 Å². The van der Waals surface area contributed by atoms with Crippen LogP contribution in [-0.4, -0.2) is 35.9 Å². The zero-order valence-electron chi connectivity index (χ0n) is 23.8. The van der Waals surface area contributed by atoms with Gasteiger partial charge in [0.05, 0.1) is 6.04 Å². The van der Waals surface area contributed by atoms with Crippen LogP contribution in [0.2, 0.25) is 0 Å². The molecular formula is C31H33F2N5O2S2. The Bertz CT molecular complexity index is 1630. The topological polar surface area (TPSA) is 99.8 Å². The third-order valence-electron chi connectivity index (χ3n) is 6.72. The molecule has 1 aromatic heterocycles. The number of fused-ring (bicyclic) bond motifs is 1. The number of allylic oxidation sites excluding steroid dienone is 2. The number of halogens is 2. The van der Waals surface area contributed by atoms with Crippen molar-refractivity contribution in [3.8, 4) is 10.4 Å². The molecule has 0 aliphatic carbocycles. The number of nitrogens with zero attached hydrogens (tertiary/aromatic N) is 2. The van der Waals surface area contributed by atoms with Crippen molar-refractivity contribution in [1.29, 1.82) is 0 Å². The number of nitrogens with two attached hydrogens (primary N) is 1.